The minimum atomic E-state index is 0.732. The first-order valence-corrected chi connectivity index (χ1v) is 9.17. The van der Waals surface area contributed by atoms with Gasteiger partial charge < -0.3 is 10.1 Å². The Bertz CT molecular complexity index is 478. The maximum Gasteiger partial charge on any atom is 0.126 e. The van der Waals surface area contributed by atoms with Crippen LogP contribution in [0.4, 0.5) is 0 Å². The van der Waals surface area contributed by atoms with Crippen LogP contribution in [-0.2, 0) is 6.54 Å². The van der Waals surface area contributed by atoms with Crippen molar-refractivity contribution in [2.45, 2.75) is 64.5 Å². The van der Waals surface area contributed by atoms with Gasteiger partial charge >= 0.3 is 0 Å². The van der Waals surface area contributed by atoms with Gasteiger partial charge in [0.1, 0.15) is 5.75 Å². The third-order valence-corrected chi connectivity index (χ3v) is 5.12. The maximum atomic E-state index is 6.25. The average molecular weight is 352 g/mol. The number of aryl methyl sites for hydroxylation is 1. The van der Waals surface area contributed by atoms with Crippen molar-refractivity contribution < 1.29 is 4.74 Å². The summed E-state index contributed by atoms with van der Waals surface area (Å²) in [5, 5.41) is 3.60. The summed E-state index contributed by atoms with van der Waals surface area (Å²) in [6, 6.07) is 5.10. The molecule has 2 aliphatic carbocycles. The SMILES string of the molecule is Cc1cc(Br)cc(CNC2CC2)c1OCC1CCCCC1. The summed E-state index contributed by atoms with van der Waals surface area (Å²) in [7, 11) is 0. The number of benzene rings is 1. The van der Waals surface area contributed by atoms with Crippen LogP contribution in [0.5, 0.6) is 5.75 Å². The van der Waals surface area contributed by atoms with E-state index in [4.69, 9.17) is 4.74 Å². The number of hydrogen-bond acceptors (Lipinski definition) is 2. The number of ether oxygens (including phenoxy) is 1. The number of nitrogens with one attached hydrogen (secondary N) is 1. The molecule has 2 nitrogen and oxygen atoms in total. The molecule has 0 spiro atoms. The first kappa shape index (κ1) is 15.4. The second-order valence-electron chi connectivity index (χ2n) is 6.68. The molecule has 116 valence electrons. The molecule has 2 saturated carbocycles. The van der Waals surface area contributed by atoms with E-state index in [-0.39, 0.29) is 0 Å². The molecule has 1 aromatic rings. The van der Waals surface area contributed by atoms with Gasteiger partial charge in [-0.3, -0.25) is 0 Å². The number of hydrogen-bond donors (Lipinski definition) is 1. The van der Waals surface area contributed by atoms with Crippen LogP contribution in [0.25, 0.3) is 0 Å². The van der Waals surface area contributed by atoms with E-state index in [1.54, 1.807) is 0 Å². The van der Waals surface area contributed by atoms with Crippen molar-refractivity contribution in [3.63, 3.8) is 0 Å². The zero-order chi connectivity index (χ0) is 14.7. The van der Waals surface area contributed by atoms with Crippen molar-refractivity contribution in [2.75, 3.05) is 6.61 Å². The Hall–Kier alpha value is -0.540. The van der Waals surface area contributed by atoms with Gasteiger partial charge in [-0.05, 0) is 56.2 Å². The van der Waals surface area contributed by atoms with Gasteiger partial charge in [-0.2, -0.15) is 0 Å². The predicted octanol–water partition coefficient (Wildman–Crippen LogP) is 4.97. The summed E-state index contributed by atoms with van der Waals surface area (Å²) in [6.45, 7) is 3.96. The van der Waals surface area contributed by atoms with Crippen LogP contribution in [0.3, 0.4) is 0 Å². The molecular weight excluding hydrogens is 326 g/mol. The highest BCUT2D eigenvalue weighted by molar-refractivity contribution is 9.10. The van der Waals surface area contributed by atoms with Gasteiger partial charge in [-0.1, -0.05) is 35.2 Å². The summed E-state index contributed by atoms with van der Waals surface area (Å²) in [6.07, 6.45) is 9.49. The minimum Gasteiger partial charge on any atom is -0.493 e. The van der Waals surface area contributed by atoms with Crippen LogP contribution < -0.4 is 10.1 Å². The molecule has 2 aliphatic rings. The molecule has 0 aromatic heterocycles. The van der Waals surface area contributed by atoms with Gasteiger partial charge in [0.2, 0.25) is 0 Å². The van der Waals surface area contributed by atoms with Crippen molar-refractivity contribution in [1.82, 2.24) is 5.32 Å². The highest BCUT2D eigenvalue weighted by Gasteiger charge is 2.21. The molecule has 0 radical (unpaired) electrons. The van der Waals surface area contributed by atoms with E-state index in [1.165, 1.54) is 56.1 Å². The van der Waals surface area contributed by atoms with Gasteiger partial charge in [-0.25, -0.2) is 0 Å². The summed E-state index contributed by atoms with van der Waals surface area (Å²) in [4.78, 5) is 0. The third-order valence-electron chi connectivity index (χ3n) is 4.66. The van der Waals surface area contributed by atoms with Crippen LogP contribution >= 0.6 is 15.9 Å². The molecule has 0 heterocycles. The molecule has 2 fully saturated rings. The normalized spacial score (nSPS) is 19.7. The van der Waals surface area contributed by atoms with Gasteiger partial charge in [0, 0.05) is 22.6 Å². The summed E-state index contributed by atoms with van der Waals surface area (Å²) in [5.74, 6) is 1.86. The Morgan fingerprint density at radius 3 is 2.62 bits per heavy atom. The van der Waals surface area contributed by atoms with Crippen LogP contribution in [0.1, 0.15) is 56.1 Å². The van der Waals surface area contributed by atoms with E-state index >= 15 is 0 Å². The number of halogens is 1. The number of rotatable bonds is 6. The highest BCUT2D eigenvalue weighted by Crippen LogP contribution is 2.31. The van der Waals surface area contributed by atoms with Crippen LogP contribution in [0.2, 0.25) is 0 Å². The average Bonchev–Trinajstić information content (AvgIpc) is 3.29. The second kappa shape index (κ2) is 7.15. The lowest BCUT2D eigenvalue weighted by Crippen LogP contribution is -2.19. The Morgan fingerprint density at radius 2 is 1.90 bits per heavy atom. The zero-order valence-corrected chi connectivity index (χ0v) is 14.5. The zero-order valence-electron chi connectivity index (χ0n) is 13.0. The first-order chi connectivity index (χ1) is 10.2. The molecule has 0 amide bonds. The summed E-state index contributed by atoms with van der Waals surface area (Å²) in [5.41, 5.74) is 2.54. The van der Waals surface area contributed by atoms with Gasteiger partial charge in [-0.15, -0.1) is 0 Å². The van der Waals surface area contributed by atoms with Gasteiger partial charge in [0.25, 0.3) is 0 Å². The molecule has 3 rings (SSSR count). The lowest BCUT2D eigenvalue weighted by Gasteiger charge is -2.23. The Kier molecular flexibility index (Phi) is 5.23. The molecule has 0 saturated heterocycles. The Labute approximate surface area is 136 Å². The molecule has 1 N–H and O–H groups in total. The second-order valence-corrected chi connectivity index (χ2v) is 7.60. The first-order valence-electron chi connectivity index (χ1n) is 8.37. The van der Waals surface area contributed by atoms with Crippen molar-refractivity contribution in [3.05, 3.63) is 27.7 Å². The molecular formula is C18H26BrNO. The fourth-order valence-electron chi connectivity index (χ4n) is 3.23. The van der Waals surface area contributed by atoms with Crippen LogP contribution in [0, 0.1) is 12.8 Å². The molecule has 1 aromatic carbocycles. The third kappa shape index (κ3) is 4.46. The predicted molar refractivity (Wildman–Crippen MR) is 90.8 cm³/mol. The largest absolute Gasteiger partial charge is 0.493 e. The summed E-state index contributed by atoms with van der Waals surface area (Å²) >= 11 is 3.61. The van der Waals surface area contributed by atoms with Gasteiger partial charge in [0.15, 0.2) is 0 Å². The molecule has 21 heavy (non-hydrogen) atoms. The highest BCUT2D eigenvalue weighted by atomic mass is 79.9. The quantitative estimate of drug-likeness (QED) is 0.781. The van der Waals surface area contributed by atoms with E-state index in [0.29, 0.717) is 0 Å². The topological polar surface area (TPSA) is 21.3 Å². The van der Waals surface area contributed by atoms with Crippen molar-refractivity contribution in [1.29, 1.82) is 0 Å². The smallest absolute Gasteiger partial charge is 0.126 e. The maximum absolute atomic E-state index is 6.25. The van der Waals surface area contributed by atoms with E-state index in [2.05, 4.69) is 40.3 Å². The fourth-order valence-corrected chi connectivity index (χ4v) is 3.85. The van der Waals surface area contributed by atoms with E-state index in [1.807, 2.05) is 0 Å². The fraction of sp³-hybridized carbons (Fsp3) is 0.667. The van der Waals surface area contributed by atoms with E-state index < -0.39 is 0 Å². The monoisotopic (exact) mass is 351 g/mol. The Balaban J connectivity index is 1.65. The summed E-state index contributed by atoms with van der Waals surface area (Å²) < 4.78 is 7.40. The Morgan fingerprint density at radius 1 is 1.14 bits per heavy atom. The molecule has 0 atom stereocenters. The van der Waals surface area contributed by atoms with Crippen molar-refractivity contribution in [3.8, 4) is 5.75 Å². The lowest BCUT2D eigenvalue weighted by atomic mass is 9.90. The molecule has 0 aliphatic heterocycles. The molecule has 0 bridgehead atoms. The minimum absolute atomic E-state index is 0.732. The van der Waals surface area contributed by atoms with E-state index in [9.17, 15) is 0 Å². The molecule has 3 heteroatoms. The van der Waals surface area contributed by atoms with Gasteiger partial charge in [0.05, 0.1) is 6.61 Å². The lowest BCUT2D eigenvalue weighted by molar-refractivity contribution is 0.206. The van der Waals surface area contributed by atoms with Crippen LogP contribution in [-0.4, -0.2) is 12.6 Å². The molecule has 0 unspecified atom stereocenters. The van der Waals surface area contributed by atoms with Crippen molar-refractivity contribution in [2.24, 2.45) is 5.92 Å². The standard InChI is InChI=1S/C18H26BrNO/c1-13-9-16(19)10-15(11-20-17-7-8-17)18(13)21-12-14-5-3-2-4-6-14/h9-10,14,17,20H,2-8,11-12H2,1H3. The van der Waals surface area contributed by atoms with E-state index in [0.717, 1.165) is 35.3 Å². The van der Waals surface area contributed by atoms with Crippen LogP contribution in [0.15, 0.2) is 16.6 Å². The van der Waals surface area contributed by atoms with Crippen molar-refractivity contribution >= 4 is 15.9 Å².